The molecule has 1 aliphatic heterocycles. The van der Waals surface area contributed by atoms with E-state index in [1.807, 2.05) is 20.2 Å². The maximum atomic E-state index is 13.1. The summed E-state index contributed by atoms with van der Waals surface area (Å²) >= 11 is 2.05. The molecule has 1 atom stereocenters. The molecule has 0 aliphatic carbocycles. The molecule has 0 saturated carbocycles. The van der Waals surface area contributed by atoms with Gasteiger partial charge in [0.05, 0.1) is 9.79 Å². The molecular formula is C19H23IN2O4S2. The predicted molar refractivity (Wildman–Crippen MR) is 119 cm³/mol. The van der Waals surface area contributed by atoms with E-state index in [-0.39, 0.29) is 10.9 Å². The van der Waals surface area contributed by atoms with Crippen molar-refractivity contribution < 1.29 is 16.8 Å². The average molecular weight is 534 g/mol. The number of likely N-dealkylation sites (N-methyl/N-ethyl adjacent to an activating group) is 1. The zero-order chi connectivity index (χ0) is 20.7. The minimum Gasteiger partial charge on any atom is -0.305 e. The Morgan fingerprint density at radius 3 is 2.11 bits per heavy atom. The number of nitrogens with zero attached hydrogens (tertiary/aromatic N) is 2. The predicted octanol–water partition coefficient (Wildman–Crippen LogP) is 2.69. The quantitative estimate of drug-likeness (QED) is 0.552. The Labute approximate surface area is 180 Å². The monoisotopic (exact) mass is 534 g/mol. The van der Waals surface area contributed by atoms with Crippen molar-refractivity contribution >= 4 is 42.5 Å². The van der Waals surface area contributed by atoms with Crippen molar-refractivity contribution in [2.45, 2.75) is 22.3 Å². The number of rotatable bonds is 5. The van der Waals surface area contributed by atoms with E-state index in [9.17, 15) is 16.8 Å². The molecule has 0 N–H and O–H groups in total. The van der Waals surface area contributed by atoms with Crippen molar-refractivity contribution in [3.05, 3.63) is 46.0 Å². The number of sulfonamides is 1. The third-order valence-corrected chi connectivity index (χ3v) is 9.33. The first-order valence-electron chi connectivity index (χ1n) is 8.77. The highest BCUT2D eigenvalue weighted by Crippen LogP contribution is 2.30. The first-order chi connectivity index (χ1) is 13.0. The van der Waals surface area contributed by atoms with Gasteiger partial charge in [0.15, 0.2) is 9.84 Å². The van der Waals surface area contributed by atoms with Crippen molar-refractivity contribution in [1.29, 1.82) is 0 Å². The van der Waals surface area contributed by atoms with Gasteiger partial charge in [0.2, 0.25) is 10.0 Å². The van der Waals surface area contributed by atoms with Gasteiger partial charge in [-0.15, -0.1) is 0 Å². The first kappa shape index (κ1) is 21.7. The summed E-state index contributed by atoms with van der Waals surface area (Å²) in [5, 5.41) is 0. The molecule has 0 spiro atoms. The summed E-state index contributed by atoms with van der Waals surface area (Å²) in [6, 6.07) is 12.1. The van der Waals surface area contributed by atoms with E-state index in [0.717, 1.165) is 17.5 Å². The van der Waals surface area contributed by atoms with E-state index in [1.165, 1.54) is 6.26 Å². The second-order valence-corrected chi connectivity index (χ2v) is 12.3. The number of benzene rings is 2. The molecule has 0 aromatic heterocycles. The van der Waals surface area contributed by atoms with E-state index in [1.54, 1.807) is 40.7 Å². The van der Waals surface area contributed by atoms with Crippen LogP contribution in [-0.2, 0) is 19.9 Å². The highest BCUT2D eigenvalue weighted by atomic mass is 127. The van der Waals surface area contributed by atoms with Gasteiger partial charge in [-0.3, -0.25) is 0 Å². The van der Waals surface area contributed by atoms with Crippen LogP contribution in [0.4, 0.5) is 0 Å². The van der Waals surface area contributed by atoms with Crippen LogP contribution in [0.3, 0.4) is 0 Å². The second kappa shape index (κ2) is 8.02. The van der Waals surface area contributed by atoms with E-state index in [2.05, 4.69) is 27.5 Å². The summed E-state index contributed by atoms with van der Waals surface area (Å²) in [4.78, 5) is 2.63. The third kappa shape index (κ3) is 4.43. The average Bonchev–Trinajstić information content (AvgIpc) is 3.12. The molecule has 152 valence electrons. The van der Waals surface area contributed by atoms with Crippen molar-refractivity contribution in [2.75, 3.05) is 33.4 Å². The summed E-state index contributed by atoms with van der Waals surface area (Å²) in [6.45, 7) is 1.02. The minimum absolute atomic E-state index is 0.236. The molecular weight excluding hydrogens is 511 g/mol. The summed E-state index contributed by atoms with van der Waals surface area (Å²) in [5.74, 6) is 0. The van der Waals surface area contributed by atoms with Crippen molar-refractivity contribution in [2.24, 2.45) is 0 Å². The molecule has 0 unspecified atom stereocenters. The highest BCUT2D eigenvalue weighted by Gasteiger charge is 2.34. The fourth-order valence-electron chi connectivity index (χ4n) is 3.27. The van der Waals surface area contributed by atoms with E-state index in [4.69, 9.17) is 0 Å². The fourth-order valence-corrected chi connectivity index (χ4v) is 6.79. The lowest BCUT2D eigenvalue weighted by molar-refractivity contribution is 0.302. The summed E-state index contributed by atoms with van der Waals surface area (Å²) in [5.41, 5.74) is 1.68. The first-order valence-corrected chi connectivity index (χ1v) is 13.2. The highest BCUT2D eigenvalue weighted by molar-refractivity contribution is 14.1. The summed E-state index contributed by atoms with van der Waals surface area (Å²) in [7, 11) is -2.85. The number of halogens is 1. The Morgan fingerprint density at radius 2 is 1.61 bits per heavy atom. The molecule has 0 bridgehead atoms. The Kier molecular flexibility index (Phi) is 6.21. The lowest BCUT2D eigenvalue weighted by Crippen LogP contribution is -2.34. The lowest BCUT2D eigenvalue weighted by Gasteiger charge is -2.21. The molecule has 9 heteroatoms. The Hall–Kier alpha value is -1.01. The smallest absolute Gasteiger partial charge is 0.244 e. The van der Waals surface area contributed by atoms with Crippen LogP contribution < -0.4 is 0 Å². The summed E-state index contributed by atoms with van der Waals surface area (Å²) < 4.78 is 51.5. The number of sulfone groups is 1. The van der Waals surface area contributed by atoms with Gasteiger partial charge in [-0.2, -0.15) is 4.31 Å². The van der Waals surface area contributed by atoms with Gasteiger partial charge in [-0.05, 0) is 78.5 Å². The molecule has 0 amide bonds. The van der Waals surface area contributed by atoms with E-state index in [0.29, 0.717) is 21.6 Å². The zero-order valence-electron chi connectivity index (χ0n) is 16.0. The molecule has 1 aliphatic rings. The van der Waals surface area contributed by atoms with Gasteiger partial charge >= 0.3 is 0 Å². The standard InChI is InChI=1S/C19H23IN2O4S2/c1-21(2)16-10-11-22(13-16)28(25,26)19-9-6-15(12-18(19)20)14-4-7-17(8-5-14)27(3,23)24/h4-9,12,16H,10-11,13H2,1-3H3/t16-/m1/s1. The largest absolute Gasteiger partial charge is 0.305 e. The normalized spacial score (nSPS) is 18.7. The van der Waals surface area contributed by atoms with Gasteiger partial charge in [0.1, 0.15) is 0 Å². The van der Waals surface area contributed by atoms with Gasteiger partial charge in [-0.1, -0.05) is 18.2 Å². The minimum atomic E-state index is -3.54. The van der Waals surface area contributed by atoms with Gasteiger partial charge in [-0.25, -0.2) is 16.8 Å². The molecule has 3 rings (SSSR count). The van der Waals surface area contributed by atoms with Crippen LogP contribution in [0.15, 0.2) is 52.3 Å². The van der Waals surface area contributed by atoms with Gasteiger partial charge < -0.3 is 4.90 Å². The second-order valence-electron chi connectivity index (χ2n) is 7.21. The molecule has 0 radical (unpaired) electrons. The molecule has 2 aromatic carbocycles. The van der Waals surface area contributed by atoms with Crippen LogP contribution in [0.25, 0.3) is 11.1 Å². The SMILES string of the molecule is CN(C)[C@@H]1CCN(S(=O)(=O)c2ccc(-c3ccc(S(C)(=O)=O)cc3)cc2I)C1. The molecule has 1 heterocycles. The Bertz CT molecular complexity index is 1080. The van der Waals surface area contributed by atoms with Gasteiger partial charge in [0.25, 0.3) is 0 Å². The molecule has 2 aromatic rings. The van der Waals surface area contributed by atoms with Crippen LogP contribution in [0.1, 0.15) is 6.42 Å². The van der Waals surface area contributed by atoms with Crippen molar-refractivity contribution in [3.8, 4) is 11.1 Å². The molecule has 28 heavy (non-hydrogen) atoms. The zero-order valence-corrected chi connectivity index (χ0v) is 19.8. The number of hydrogen-bond donors (Lipinski definition) is 0. The van der Waals surface area contributed by atoms with Crippen LogP contribution in [0.5, 0.6) is 0 Å². The molecule has 6 nitrogen and oxygen atoms in total. The van der Waals surface area contributed by atoms with Crippen molar-refractivity contribution in [3.63, 3.8) is 0 Å². The maximum absolute atomic E-state index is 13.1. The van der Waals surface area contributed by atoms with Crippen LogP contribution in [0.2, 0.25) is 0 Å². The maximum Gasteiger partial charge on any atom is 0.244 e. The van der Waals surface area contributed by atoms with E-state index >= 15 is 0 Å². The summed E-state index contributed by atoms with van der Waals surface area (Å²) in [6.07, 6.45) is 2.00. The van der Waals surface area contributed by atoms with Crippen LogP contribution in [-0.4, -0.2) is 65.5 Å². The number of hydrogen-bond acceptors (Lipinski definition) is 5. The fraction of sp³-hybridized carbons (Fsp3) is 0.368. The third-order valence-electron chi connectivity index (χ3n) is 5.02. The topological polar surface area (TPSA) is 74.8 Å². The molecule has 1 saturated heterocycles. The van der Waals surface area contributed by atoms with E-state index < -0.39 is 19.9 Å². The van der Waals surface area contributed by atoms with Crippen LogP contribution in [0, 0.1) is 3.57 Å². The van der Waals surface area contributed by atoms with Crippen LogP contribution >= 0.6 is 22.6 Å². The molecule has 1 fully saturated rings. The van der Waals surface area contributed by atoms with Crippen molar-refractivity contribution in [1.82, 2.24) is 9.21 Å². The van der Waals surface area contributed by atoms with Gasteiger partial charge in [0, 0.05) is 29.0 Å². The Morgan fingerprint density at radius 1 is 1.00 bits per heavy atom. The Balaban J connectivity index is 1.88. The lowest BCUT2D eigenvalue weighted by atomic mass is 10.1.